The van der Waals surface area contributed by atoms with Gasteiger partial charge in [0, 0.05) is 11.0 Å². The number of aliphatic hydroxyl groups is 1. The molecule has 3 heteroatoms. The highest BCUT2D eigenvalue weighted by Crippen LogP contribution is 2.34. The highest BCUT2D eigenvalue weighted by atomic mass is 32.2. The van der Waals surface area contributed by atoms with Crippen molar-refractivity contribution in [3.05, 3.63) is 29.3 Å². The molecule has 1 aromatic carbocycles. The molecule has 0 spiro atoms. The summed E-state index contributed by atoms with van der Waals surface area (Å²) in [5, 5.41) is 9.63. The van der Waals surface area contributed by atoms with Crippen molar-refractivity contribution in [1.82, 2.24) is 0 Å². The van der Waals surface area contributed by atoms with Gasteiger partial charge in [-0.1, -0.05) is 37.7 Å². The lowest BCUT2D eigenvalue weighted by Gasteiger charge is -2.26. The van der Waals surface area contributed by atoms with E-state index in [1.807, 2.05) is 6.07 Å². The molecule has 0 aliphatic heterocycles. The molecule has 2 atom stereocenters. The summed E-state index contributed by atoms with van der Waals surface area (Å²) in [4.78, 5) is 0. The van der Waals surface area contributed by atoms with Crippen molar-refractivity contribution in [2.24, 2.45) is 5.92 Å². The predicted molar refractivity (Wildman–Crippen MR) is 89.7 cm³/mol. The molecule has 1 N–H and O–H groups in total. The van der Waals surface area contributed by atoms with Crippen molar-refractivity contribution in [3.63, 3.8) is 0 Å². The number of hydrogen-bond acceptors (Lipinski definition) is 3. The molecule has 2 unspecified atom stereocenters. The van der Waals surface area contributed by atoms with E-state index < -0.39 is 0 Å². The summed E-state index contributed by atoms with van der Waals surface area (Å²) >= 11 is 2.06. The summed E-state index contributed by atoms with van der Waals surface area (Å²) in [5.74, 6) is 8.33. The van der Waals surface area contributed by atoms with Gasteiger partial charge < -0.3 is 9.84 Å². The molecule has 114 valence electrons. The van der Waals surface area contributed by atoms with Crippen LogP contribution in [0.1, 0.15) is 43.7 Å². The number of ether oxygens (including phenoxy) is 1. The Bertz CT molecular complexity index is 516. The van der Waals surface area contributed by atoms with Crippen molar-refractivity contribution in [3.8, 4) is 17.6 Å². The van der Waals surface area contributed by atoms with Gasteiger partial charge in [-0.05, 0) is 36.5 Å². The van der Waals surface area contributed by atoms with E-state index in [9.17, 15) is 0 Å². The number of thioether (sulfide) groups is 1. The van der Waals surface area contributed by atoms with Crippen LogP contribution >= 0.6 is 11.8 Å². The molecule has 0 amide bonds. The van der Waals surface area contributed by atoms with Crippen LogP contribution < -0.4 is 4.74 Å². The first-order valence-electron chi connectivity index (χ1n) is 7.61. The Morgan fingerprint density at radius 3 is 2.95 bits per heavy atom. The van der Waals surface area contributed by atoms with Gasteiger partial charge in [-0.15, -0.1) is 0 Å². The Morgan fingerprint density at radius 1 is 1.38 bits per heavy atom. The van der Waals surface area contributed by atoms with Crippen LogP contribution in [0.4, 0.5) is 0 Å². The topological polar surface area (TPSA) is 29.5 Å². The second-order valence-electron chi connectivity index (χ2n) is 5.70. The minimum Gasteiger partial charge on any atom is -0.495 e. The molecular weight excluding hydrogens is 280 g/mol. The maximum Gasteiger partial charge on any atom is 0.134 e. The fourth-order valence-corrected chi connectivity index (χ4v) is 4.23. The van der Waals surface area contributed by atoms with Gasteiger partial charge in [0.2, 0.25) is 0 Å². The van der Waals surface area contributed by atoms with Gasteiger partial charge in [0.15, 0.2) is 0 Å². The smallest absolute Gasteiger partial charge is 0.134 e. The number of hydrogen-bond donors (Lipinski definition) is 1. The Morgan fingerprint density at radius 2 is 2.24 bits per heavy atom. The van der Waals surface area contributed by atoms with E-state index in [2.05, 4.69) is 42.7 Å². The van der Waals surface area contributed by atoms with Crippen LogP contribution in [0.3, 0.4) is 0 Å². The lowest BCUT2D eigenvalue weighted by Crippen LogP contribution is -2.15. The van der Waals surface area contributed by atoms with E-state index in [0.717, 1.165) is 28.2 Å². The van der Waals surface area contributed by atoms with Crippen LogP contribution in [-0.2, 0) is 5.75 Å². The number of aliphatic hydroxyl groups excluding tert-OH is 1. The van der Waals surface area contributed by atoms with E-state index in [1.165, 1.54) is 31.2 Å². The van der Waals surface area contributed by atoms with Crippen molar-refractivity contribution in [2.45, 2.75) is 43.6 Å². The van der Waals surface area contributed by atoms with Gasteiger partial charge >= 0.3 is 0 Å². The summed E-state index contributed by atoms with van der Waals surface area (Å²) in [6.07, 6.45) is 5.45. The SMILES string of the molecule is COc1ccc(CSC2CCCC(C)C2)cc1C#CCO. The largest absolute Gasteiger partial charge is 0.495 e. The van der Waals surface area contributed by atoms with Gasteiger partial charge in [-0.25, -0.2) is 0 Å². The summed E-state index contributed by atoms with van der Waals surface area (Å²) < 4.78 is 5.31. The molecule has 0 aromatic heterocycles. The molecule has 2 nitrogen and oxygen atoms in total. The molecule has 2 rings (SSSR count). The maximum atomic E-state index is 8.84. The van der Waals surface area contributed by atoms with Gasteiger partial charge in [0.25, 0.3) is 0 Å². The zero-order chi connectivity index (χ0) is 15.1. The second kappa shape index (κ2) is 8.36. The fourth-order valence-electron chi connectivity index (χ4n) is 2.82. The Kier molecular flexibility index (Phi) is 6.48. The maximum absolute atomic E-state index is 8.84. The summed E-state index contributed by atoms with van der Waals surface area (Å²) in [5.41, 5.74) is 2.14. The Labute approximate surface area is 132 Å². The number of methoxy groups -OCH3 is 1. The van der Waals surface area contributed by atoms with Crippen LogP contribution in [0, 0.1) is 17.8 Å². The van der Waals surface area contributed by atoms with E-state index in [-0.39, 0.29) is 6.61 Å². The van der Waals surface area contributed by atoms with Gasteiger partial charge in [0.05, 0.1) is 12.7 Å². The number of rotatable bonds is 4. The molecular formula is C18H24O2S. The van der Waals surface area contributed by atoms with E-state index in [0.29, 0.717) is 0 Å². The van der Waals surface area contributed by atoms with E-state index >= 15 is 0 Å². The first kappa shape index (κ1) is 16.3. The van der Waals surface area contributed by atoms with Crippen molar-refractivity contribution in [2.75, 3.05) is 13.7 Å². The van der Waals surface area contributed by atoms with Crippen LogP contribution in [-0.4, -0.2) is 24.1 Å². The van der Waals surface area contributed by atoms with E-state index in [4.69, 9.17) is 9.84 Å². The monoisotopic (exact) mass is 304 g/mol. The summed E-state index contributed by atoms with van der Waals surface area (Å²) in [6, 6.07) is 6.17. The quantitative estimate of drug-likeness (QED) is 0.857. The molecule has 0 saturated heterocycles. The molecule has 1 aliphatic rings. The minimum atomic E-state index is -0.123. The normalized spacial score (nSPS) is 21.5. The lowest BCUT2D eigenvalue weighted by atomic mass is 9.91. The average molecular weight is 304 g/mol. The number of benzene rings is 1. The molecule has 1 fully saturated rings. The summed E-state index contributed by atoms with van der Waals surface area (Å²) in [6.45, 7) is 2.24. The zero-order valence-electron chi connectivity index (χ0n) is 12.9. The standard InChI is InChI=1S/C18H24O2S/c1-14-5-3-7-17(11-14)21-13-15-8-9-18(20-2)16(12-15)6-4-10-19/h8-9,12,14,17,19H,3,5,7,10-11,13H2,1-2H3. The first-order chi connectivity index (χ1) is 10.2. The van der Waals surface area contributed by atoms with Crippen molar-refractivity contribution < 1.29 is 9.84 Å². The highest BCUT2D eigenvalue weighted by Gasteiger charge is 2.19. The van der Waals surface area contributed by atoms with Crippen LogP contribution in [0.2, 0.25) is 0 Å². The third-order valence-corrected chi connectivity index (χ3v) is 5.34. The molecule has 21 heavy (non-hydrogen) atoms. The Balaban J connectivity index is 1.99. The van der Waals surface area contributed by atoms with E-state index in [1.54, 1.807) is 7.11 Å². The van der Waals surface area contributed by atoms with Crippen molar-refractivity contribution in [1.29, 1.82) is 0 Å². The minimum absolute atomic E-state index is 0.123. The van der Waals surface area contributed by atoms with Crippen molar-refractivity contribution >= 4 is 11.8 Å². The predicted octanol–water partition coefficient (Wildman–Crippen LogP) is 3.85. The third-order valence-electron chi connectivity index (χ3n) is 3.94. The molecule has 1 aromatic rings. The third kappa shape index (κ3) is 4.98. The van der Waals surface area contributed by atoms with Crippen LogP contribution in [0.25, 0.3) is 0 Å². The zero-order valence-corrected chi connectivity index (χ0v) is 13.7. The molecule has 0 heterocycles. The first-order valence-corrected chi connectivity index (χ1v) is 8.66. The summed E-state index contributed by atoms with van der Waals surface area (Å²) in [7, 11) is 1.65. The van der Waals surface area contributed by atoms with Crippen LogP contribution in [0.5, 0.6) is 5.75 Å². The lowest BCUT2D eigenvalue weighted by molar-refractivity contribution is 0.350. The molecule has 1 aliphatic carbocycles. The van der Waals surface area contributed by atoms with Crippen LogP contribution in [0.15, 0.2) is 18.2 Å². The van der Waals surface area contributed by atoms with Gasteiger partial charge in [-0.3, -0.25) is 0 Å². The highest BCUT2D eigenvalue weighted by molar-refractivity contribution is 7.99. The molecule has 1 saturated carbocycles. The van der Waals surface area contributed by atoms with Gasteiger partial charge in [0.1, 0.15) is 12.4 Å². The van der Waals surface area contributed by atoms with Gasteiger partial charge in [-0.2, -0.15) is 11.8 Å². The average Bonchev–Trinajstić information content (AvgIpc) is 2.51. The molecule has 0 radical (unpaired) electrons. The second-order valence-corrected chi connectivity index (χ2v) is 6.99. The molecule has 0 bridgehead atoms. The Hall–Kier alpha value is -1.11. The fraction of sp³-hybridized carbons (Fsp3) is 0.556.